The molecule has 0 saturated heterocycles. The van der Waals surface area contributed by atoms with Crippen molar-refractivity contribution in [2.45, 2.75) is 51.5 Å². The largest absolute Gasteiger partial charge is 0.480 e. The van der Waals surface area contributed by atoms with Crippen LogP contribution in [-0.4, -0.2) is 22.6 Å². The highest BCUT2D eigenvalue weighted by molar-refractivity contribution is 5.95. The van der Waals surface area contributed by atoms with Crippen molar-refractivity contribution in [1.29, 1.82) is 0 Å². The summed E-state index contributed by atoms with van der Waals surface area (Å²) in [5, 5.41) is 14.9. The summed E-state index contributed by atoms with van der Waals surface area (Å²) in [6.45, 7) is 3.83. The lowest BCUT2D eigenvalue weighted by Crippen LogP contribution is -2.56. The molecule has 2 amide bonds. The Hall–Kier alpha value is -2.04. The maximum absolute atomic E-state index is 12.2. The van der Waals surface area contributed by atoms with Gasteiger partial charge in [-0.3, -0.25) is 0 Å². The van der Waals surface area contributed by atoms with Crippen LogP contribution in [0.5, 0.6) is 0 Å². The molecule has 1 aromatic carbocycles. The zero-order chi connectivity index (χ0) is 15.5. The lowest BCUT2D eigenvalue weighted by Gasteiger charge is -2.34. The number of para-hydroxylation sites is 1. The van der Waals surface area contributed by atoms with E-state index in [0.29, 0.717) is 12.8 Å². The maximum Gasteiger partial charge on any atom is 0.329 e. The highest BCUT2D eigenvalue weighted by atomic mass is 16.4. The van der Waals surface area contributed by atoms with Crippen molar-refractivity contribution >= 4 is 17.7 Å². The molecular formula is C16H22N2O3. The highest BCUT2D eigenvalue weighted by Gasteiger charge is 2.41. The molecule has 5 heteroatoms. The Bertz CT molecular complexity index is 528. The molecule has 0 unspecified atom stereocenters. The van der Waals surface area contributed by atoms with Gasteiger partial charge in [0, 0.05) is 5.69 Å². The van der Waals surface area contributed by atoms with Crippen LogP contribution in [0.25, 0.3) is 0 Å². The molecule has 3 N–H and O–H groups in total. The molecule has 1 aliphatic rings. The molecule has 1 aromatic rings. The number of carbonyl (C=O) groups excluding carboxylic acids is 1. The van der Waals surface area contributed by atoms with Crippen LogP contribution in [0.15, 0.2) is 18.2 Å². The first-order valence-corrected chi connectivity index (χ1v) is 7.33. The van der Waals surface area contributed by atoms with Crippen LogP contribution in [0.2, 0.25) is 0 Å². The van der Waals surface area contributed by atoms with E-state index in [1.807, 2.05) is 32.0 Å². The van der Waals surface area contributed by atoms with E-state index in [4.69, 9.17) is 0 Å². The van der Waals surface area contributed by atoms with Crippen molar-refractivity contribution in [3.8, 4) is 0 Å². The standard InChI is InChI=1S/C16H22N2O3/c1-11-7-6-8-12(2)13(11)17-15(21)18-16(14(19)20)9-4-3-5-10-16/h6-8H,3-5,9-10H2,1-2H3,(H,19,20)(H2,17,18,21). The number of aliphatic carboxylic acids is 1. The second-order valence-corrected chi connectivity index (χ2v) is 5.79. The number of hydrogen-bond donors (Lipinski definition) is 3. The Labute approximate surface area is 124 Å². The zero-order valence-electron chi connectivity index (χ0n) is 12.5. The van der Waals surface area contributed by atoms with Crippen molar-refractivity contribution in [3.63, 3.8) is 0 Å². The predicted molar refractivity (Wildman–Crippen MR) is 81.5 cm³/mol. The quantitative estimate of drug-likeness (QED) is 0.799. The molecule has 0 aliphatic heterocycles. The molecule has 0 heterocycles. The third-order valence-electron chi connectivity index (χ3n) is 4.19. The number of anilines is 1. The van der Waals surface area contributed by atoms with Crippen LogP contribution in [0.1, 0.15) is 43.2 Å². The van der Waals surface area contributed by atoms with Crippen LogP contribution in [0.4, 0.5) is 10.5 Å². The molecule has 1 aliphatic carbocycles. The Morgan fingerprint density at radius 2 is 1.67 bits per heavy atom. The molecule has 114 valence electrons. The van der Waals surface area contributed by atoms with Crippen LogP contribution in [0.3, 0.4) is 0 Å². The number of carboxylic acids is 1. The van der Waals surface area contributed by atoms with E-state index in [1.165, 1.54) is 0 Å². The van der Waals surface area contributed by atoms with Crippen LogP contribution >= 0.6 is 0 Å². The van der Waals surface area contributed by atoms with Crippen LogP contribution in [-0.2, 0) is 4.79 Å². The predicted octanol–water partition coefficient (Wildman–Crippen LogP) is 3.21. The fraction of sp³-hybridized carbons (Fsp3) is 0.500. The second-order valence-electron chi connectivity index (χ2n) is 5.79. The molecule has 2 rings (SSSR count). The van der Waals surface area contributed by atoms with Crippen molar-refractivity contribution < 1.29 is 14.7 Å². The van der Waals surface area contributed by atoms with Gasteiger partial charge < -0.3 is 15.7 Å². The number of aryl methyl sites for hydroxylation is 2. The van der Waals surface area contributed by atoms with Gasteiger partial charge in [-0.2, -0.15) is 0 Å². The fourth-order valence-electron chi connectivity index (χ4n) is 2.92. The number of carboxylic acid groups (broad SMARTS) is 1. The molecule has 0 aromatic heterocycles. The van der Waals surface area contributed by atoms with E-state index in [1.54, 1.807) is 0 Å². The first kappa shape index (κ1) is 15.4. The number of rotatable bonds is 3. The lowest BCUT2D eigenvalue weighted by molar-refractivity contribution is -0.145. The van der Waals surface area contributed by atoms with E-state index in [9.17, 15) is 14.7 Å². The van der Waals surface area contributed by atoms with Crippen LogP contribution in [0, 0.1) is 13.8 Å². The van der Waals surface area contributed by atoms with Gasteiger partial charge in [0.05, 0.1) is 0 Å². The molecule has 0 bridgehead atoms. The maximum atomic E-state index is 12.2. The first-order valence-electron chi connectivity index (χ1n) is 7.33. The molecular weight excluding hydrogens is 268 g/mol. The van der Waals surface area contributed by atoms with Crippen molar-refractivity contribution in [2.24, 2.45) is 0 Å². The SMILES string of the molecule is Cc1cccc(C)c1NC(=O)NC1(C(=O)O)CCCCC1. The zero-order valence-corrected chi connectivity index (χ0v) is 12.5. The summed E-state index contributed by atoms with van der Waals surface area (Å²) in [7, 11) is 0. The smallest absolute Gasteiger partial charge is 0.329 e. The summed E-state index contributed by atoms with van der Waals surface area (Å²) >= 11 is 0. The lowest BCUT2D eigenvalue weighted by atomic mass is 9.82. The van der Waals surface area contributed by atoms with Gasteiger partial charge in [0.15, 0.2) is 0 Å². The monoisotopic (exact) mass is 290 g/mol. The van der Waals surface area contributed by atoms with E-state index in [-0.39, 0.29) is 0 Å². The number of hydrogen-bond acceptors (Lipinski definition) is 2. The number of urea groups is 1. The molecule has 5 nitrogen and oxygen atoms in total. The number of carbonyl (C=O) groups is 2. The molecule has 0 atom stereocenters. The van der Waals surface area contributed by atoms with E-state index in [2.05, 4.69) is 10.6 Å². The van der Waals surface area contributed by atoms with Crippen LogP contribution < -0.4 is 10.6 Å². The first-order chi connectivity index (χ1) is 9.94. The minimum atomic E-state index is -1.13. The Morgan fingerprint density at radius 3 is 2.19 bits per heavy atom. The van der Waals surface area contributed by atoms with Gasteiger partial charge in [-0.05, 0) is 37.8 Å². The minimum absolute atomic E-state index is 0.447. The summed E-state index contributed by atoms with van der Waals surface area (Å²) in [6, 6.07) is 5.30. The second kappa shape index (κ2) is 6.16. The van der Waals surface area contributed by atoms with Gasteiger partial charge in [0.2, 0.25) is 0 Å². The summed E-state index contributed by atoms with van der Waals surface area (Å²) < 4.78 is 0. The molecule has 1 fully saturated rings. The normalized spacial score (nSPS) is 17.0. The van der Waals surface area contributed by atoms with Gasteiger partial charge in [-0.25, -0.2) is 9.59 Å². The summed E-state index contributed by atoms with van der Waals surface area (Å²) in [4.78, 5) is 23.8. The number of nitrogens with one attached hydrogen (secondary N) is 2. The highest BCUT2D eigenvalue weighted by Crippen LogP contribution is 2.29. The molecule has 0 radical (unpaired) electrons. The van der Waals surface area contributed by atoms with Gasteiger partial charge in [0.1, 0.15) is 5.54 Å². The number of amides is 2. The minimum Gasteiger partial charge on any atom is -0.480 e. The topological polar surface area (TPSA) is 78.4 Å². The van der Waals surface area contributed by atoms with E-state index in [0.717, 1.165) is 36.1 Å². The van der Waals surface area contributed by atoms with Gasteiger partial charge in [-0.15, -0.1) is 0 Å². The molecule has 1 saturated carbocycles. The molecule has 0 spiro atoms. The Kier molecular flexibility index (Phi) is 4.50. The van der Waals surface area contributed by atoms with E-state index < -0.39 is 17.5 Å². The Morgan fingerprint density at radius 1 is 1.10 bits per heavy atom. The average Bonchev–Trinajstić information content (AvgIpc) is 2.44. The summed E-state index contributed by atoms with van der Waals surface area (Å²) in [5.41, 5.74) is 1.53. The molecule has 21 heavy (non-hydrogen) atoms. The van der Waals surface area contributed by atoms with Crippen molar-refractivity contribution in [3.05, 3.63) is 29.3 Å². The van der Waals surface area contributed by atoms with Gasteiger partial charge >= 0.3 is 12.0 Å². The Balaban J connectivity index is 2.11. The van der Waals surface area contributed by atoms with E-state index >= 15 is 0 Å². The summed E-state index contributed by atoms with van der Waals surface area (Å²) in [5.74, 6) is -0.946. The van der Waals surface area contributed by atoms with Gasteiger partial charge in [0.25, 0.3) is 0 Å². The summed E-state index contributed by atoms with van der Waals surface area (Å²) in [6.07, 6.45) is 3.66. The average molecular weight is 290 g/mol. The fourth-order valence-corrected chi connectivity index (χ4v) is 2.92. The van der Waals surface area contributed by atoms with Crippen molar-refractivity contribution in [1.82, 2.24) is 5.32 Å². The van der Waals surface area contributed by atoms with Gasteiger partial charge in [-0.1, -0.05) is 37.5 Å². The van der Waals surface area contributed by atoms with Crippen molar-refractivity contribution in [2.75, 3.05) is 5.32 Å². The third-order valence-corrected chi connectivity index (χ3v) is 4.19. The third kappa shape index (κ3) is 3.35. The number of benzene rings is 1.